The van der Waals surface area contributed by atoms with Crippen molar-refractivity contribution in [1.29, 1.82) is 0 Å². The van der Waals surface area contributed by atoms with Crippen molar-refractivity contribution < 1.29 is 5.11 Å². The summed E-state index contributed by atoms with van der Waals surface area (Å²) in [6.07, 6.45) is 7.14. The Kier molecular flexibility index (Phi) is 8.08. The van der Waals surface area contributed by atoms with E-state index in [0.717, 1.165) is 38.3 Å². The van der Waals surface area contributed by atoms with E-state index < -0.39 is 0 Å². The van der Waals surface area contributed by atoms with Crippen LogP contribution in [0.15, 0.2) is 0 Å². The Hall–Kier alpha value is -0.120. The Labute approximate surface area is 126 Å². The topological polar surface area (TPSA) is 35.5 Å². The normalized spacial score (nSPS) is 26.9. The van der Waals surface area contributed by atoms with Crippen LogP contribution in [0.1, 0.15) is 66.2 Å². The molecule has 0 aromatic carbocycles. The minimum absolute atomic E-state index is 0.0119. The van der Waals surface area contributed by atoms with Gasteiger partial charge in [0.15, 0.2) is 0 Å². The highest BCUT2D eigenvalue weighted by Crippen LogP contribution is 2.33. The summed E-state index contributed by atoms with van der Waals surface area (Å²) in [5.74, 6) is 0.822. The molecule has 3 nitrogen and oxygen atoms in total. The van der Waals surface area contributed by atoms with Gasteiger partial charge in [-0.25, -0.2) is 0 Å². The fraction of sp³-hybridized carbons (Fsp3) is 1.00. The number of aliphatic hydroxyl groups excluding tert-OH is 1. The third kappa shape index (κ3) is 4.71. The molecule has 120 valence electrons. The Morgan fingerprint density at radius 2 is 1.95 bits per heavy atom. The molecule has 2 atom stereocenters. The quantitative estimate of drug-likeness (QED) is 0.647. The summed E-state index contributed by atoms with van der Waals surface area (Å²) in [6.45, 7) is 12.7. The maximum atomic E-state index is 9.81. The number of rotatable bonds is 10. The molecule has 0 spiro atoms. The van der Waals surface area contributed by atoms with Crippen molar-refractivity contribution in [3.8, 4) is 0 Å². The molecule has 1 aliphatic carbocycles. The van der Waals surface area contributed by atoms with Gasteiger partial charge in [-0.3, -0.25) is 0 Å². The molecule has 0 bridgehead atoms. The summed E-state index contributed by atoms with van der Waals surface area (Å²) in [5.41, 5.74) is -0.0119. The highest BCUT2D eigenvalue weighted by Gasteiger charge is 2.40. The van der Waals surface area contributed by atoms with Crippen LogP contribution in [-0.2, 0) is 0 Å². The second kappa shape index (κ2) is 9.01. The van der Waals surface area contributed by atoms with Crippen LogP contribution in [0, 0.1) is 5.92 Å². The molecule has 0 amide bonds. The molecular formula is C17H36N2O. The van der Waals surface area contributed by atoms with E-state index in [1.54, 1.807) is 0 Å². The molecule has 0 radical (unpaired) electrons. The average molecular weight is 284 g/mol. The van der Waals surface area contributed by atoms with Crippen molar-refractivity contribution in [2.24, 2.45) is 5.92 Å². The molecule has 1 aliphatic rings. The third-order valence-electron chi connectivity index (χ3n) is 5.21. The van der Waals surface area contributed by atoms with Gasteiger partial charge in [-0.05, 0) is 44.7 Å². The van der Waals surface area contributed by atoms with Crippen molar-refractivity contribution in [3.05, 3.63) is 0 Å². The molecule has 0 heterocycles. The van der Waals surface area contributed by atoms with Crippen molar-refractivity contribution >= 4 is 0 Å². The van der Waals surface area contributed by atoms with Crippen LogP contribution < -0.4 is 5.32 Å². The molecule has 3 heteroatoms. The largest absolute Gasteiger partial charge is 0.394 e. The predicted octanol–water partition coefficient (Wildman–Crippen LogP) is 3.03. The fourth-order valence-corrected chi connectivity index (χ4v) is 3.57. The second-order valence-corrected chi connectivity index (χ2v) is 6.53. The fourth-order valence-electron chi connectivity index (χ4n) is 3.57. The summed E-state index contributed by atoms with van der Waals surface area (Å²) >= 11 is 0. The van der Waals surface area contributed by atoms with Gasteiger partial charge in [0.2, 0.25) is 0 Å². The Morgan fingerprint density at radius 3 is 2.45 bits per heavy atom. The van der Waals surface area contributed by atoms with E-state index in [4.69, 9.17) is 0 Å². The summed E-state index contributed by atoms with van der Waals surface area (Å²) in [4.78, 5) is 2.66. The van der Waals surface area contributed by atoms with Gasteiger partial charge in [0.1, 0.15) is 0 Å². The van der Waals surface area contributed by atoms with Crippen molar-refractivity contribution in [2.75, 3.05) is 26.2 Å². The first kappa shape index (κ1) is 17.9. The van der Waals surface area contributed by atoms with E-state index in [9.17, 15) is 5.11 Å². The molecule has 1 fully saturated rings. The van der Waals surface area contributed by atoms with E-state index in [2.05, 4.69) is 37.9 Å². The number of aliphatic hydroxyl groups is 1. The molecule has 0 saturated heterocycles. The van der Waals surface area contributed by atoms with E-state index >= 15 is 0 Å². The zero-order valence-electron chi connectivity index (χ0n) is 14.1. The van der Waals surface area contributed by atoms with Gasteiger partial charge in [-0.1, -0.05) is 40.5 Å². The smallest absolute Gasteiger partial charge is 0.0613 e. The maximum Gasteiger partial charge on any atom is 0.0613 e. The standard InChI is InChI=1S/C17H36N2O/c1-5-11-18-17(14-20)10-9-16(12-17)19(8-4)13-15(6-2)7-3/h15-16,18,20H,5-14H2,1-4H3. The molecular weight excluding hydrogens is 248 g/mol. The Balaban J connectivity index is 2.58. The minimum atomic E-state index is -0.0119. The second-order valence-electron chi connectivity index (χ2n) is 6.53. The zero-order valence-corrected chi connectivity index (χ0v) is 14.1. The summed E-state index contributed by atoms with van der Waals surface area (Å²) < 4.78 is 0. The van der Waals surface area contributed by atoms with Crippen LogP contribution >= 0.6 is 0 Å². The van der Waals surface area contributed by atoms with Crippen LogP contribution in [0.5, 0.6) is 0 Å². The highest BCUT2D eigenvalue weighted by atomic mass is 16.3. The summed E-state index contributed by atoms with van der Waals surface area (Å²) in [5, 5.41) is 13.4. The number of hydrogen-bond acceptors (Lipinski definition) is 3. The average Bonchev–Trinajstić information content (AvgIpc) is 2.91. The number of hydrogen-bond donors (Lipinski definition) is 2. The Bertz CT molecular complexity index is 255. The molecule has 20 heavy (non-hydrogen) atoms. The van der Waals surface area contributed by atoms with E-state index in [0.29, 0.717) is 6.04 Å². The van der Waals surface area contributed by atoms with Gasteiger partial charge in [-0.2, -0.15) is 0 Å². The summed E-state index contributed by atoms with van der Waals surface area (Å²) in [7, 11) is 0. The van der Waals surface area contributed by atoms with Crippen LogP contribution in [0.4, 0.5) is 0 Å². The lowest BCUT2D eigenvalue weighted by molar-refractivity contribution is 0.134. The van der Waals surface area contributed by atoms with Crippen molar-refractivity contribution in [2.45, 2.75) is 77.8 Å². The van der Waals surface area contributed by atoms with E-state index in [-0.39, 0.29) is 12.1 Å². The first-order chi connectivity index (χ1) is 9.64. The number of nitrogens with zero attached hydrogens (tertiary/aromatic N) is 1. The first-order valence-electron chi connectivity index (χ1n) is 8.74. The molecule has 0 aromatic heterocycles. The van der Waals surface area contributed by atoms with Crippen LogP contribution in [-0.4, -0.2) is 47.8 Å². The number of nitrogens with one attached hydrogen (secondary N) is 1. The monoisotopic (exact) mass is 284 g/mol. The first-order valence-corrected chi connectivity index (χ1v) is 8.74. The van der Waals surface area contributed by atoms with Gasteiger partial charge in [0, 0.05) is 18.1 Å². The SMILES string of the molecule is CCCNC1(CO)CCC(N(CC)CC(CC)CC)C1. The molecule has 1 saturated carbocycles. The van der Waals surface area contributed by atoms with E-state index in [1.165, 1.54) is 25.8 Å². The van der Waals surface area contributed by atoms with E-state index in [1.807, 2.05) is 0 Å². The maximum absolute atomic E-state index is 9.81. The van der Waals surface area contributed by atoms with Gasteiger partial charge in [0.25, 0.3) is 0 Å². The van der Waals surface area contributed by atoms with Gasteiger partial charge in [0.05, 0.1) is 6.61 Å². The zero-order chi connectivity index (χ0) is 15.0. The summed E-state index contributed by atoms with van der Waals surface area (Å²) in [6, 6.07) is 0.650. The molecule has 1 rings (SSSR count). The van der Waals surface area contributed by atoms with Crippen LogP contribution in [0.3, 0.4) is 0 Å². The Morgan fingerprint density at radius 1 is 1.25 bits per heavy atom. The minimum Gasteiger partial charge on any atom is -0.394 e. The lowest BCUT2D eigenvalue weighted by Gasteiger charge is -2.33. The lowest BCUT2D eigenvalue weighted by atomic mass is 9.97. The van der Waals surface area contributed by atoms with Crippen LogP contribution in [0.2, 0.25) is 0 Å². The van der Waals surface area contributed by atoms with Gasteiger partial charge >= 0.3 is 0 Å². The lowest BCUT2D eigenvalue weighted by Crippen LogP contribution is -2.48. The van der Waals surface area contributed by atoms with Crippen molar-refractivity contribution in [1.82, 2.24) is 10.2 Å². The van der Waals surface area contributed by atoms with Crippen molar-refractivity contribution in [3.63, 3.8) is 0 Å². The molecule has 2 N–H and O–H groups in total. The van der Waals surface area contributed by atoms with Gasteiger partial charge in [-0.15, -0.1) is 0 Å². The predicted molar refractivity (Wildman–Crippen MR) is 87.1 cm³/mol. The molecule has 0 aromatic rings. The van der Waals surface area contributed by atoms with Gasteiger partial charge < -0.3 is 15.3 Å². The third-order valence-corrected chi connectivity index (χ3v) is 5.21. The molecule has 0 aliphatic heterocycles. The highest BCUT2D eigenvalue weighted by molar-refractivity contribution is 4.99. The van der Waals surface area contributed by atoms with Crippen LogP contribution in [0.25, 0.3) is 0 Å². The molecule has 2 unspecified atom stereocenters.